The second kappa shape index (κ2) is 3.44. The maximum atomic E-state index is 11.8. The van der Waals surface area contributed by atoms with Crippen molar-refractivity contribution in [3.8, 4) is 0 Å². The zero-order chi connectivity index (χ0) is 10.1. The molecule has 4 heteroatoms. The molecule has 0 aromatic heterocycles. The first-order chi connectivity index (χ1) is 5.88. The topological polar surface area (TPSA) is 9.23 Å². The third-order valence-electron chi connectivity index (χ3n) is 2.05. The highest BCUT2D eigenvalue weighted by molar-refractivity contribution is 5.24. The Hall–Kier alpha value is -0.930. The van der Waals surface area contributed by atoms with E-state index in [1.165, 1.54) is 12.2 Å². The lowest BCUT2D eigenvalue weighted by atomic mass is 9.94. The molecule has 0 radical (unpaired) electrons. The smallest absolute Gasteiger partial charge is 0.406 e. The van der Waals surface area contributed by atoms with Gasteiger partial charge in [-0.15, -0.1) is 13.2 Å². The molecule has 0 bridgehead atoms. The van der Waals surface area contributed by atoms with E-state index < -0.39 is 6.36 Å². The van der Waals surface area contributed by atoms with Crippen LogP contribution in [-0.4, -0.2) is 6.36 Å². The van der Waals surface area contributed by atoms with Crippen molar-refractivity contribution in [3.05, 3.63) is 23.5 Å². The van der Waals surface area contributed by atoms with Gasteiger partial charge in [-0.2, -0.15) is 0 Å². The van der Waals surface area contributed by atoms with Crippen molar-refractivity contribution in [3.63, 3.8) is 0 Å². The van der Waals surface area contributed by atoms with Crippen LogP contribution in [0.15, 0.2) is 23.5 Å². The van der Waals surface area contributed by atoms with Crippen LogP contribution in [0.2, 0.25) is 0 Å². The second-order valence-electron chi connectivity index (χ2n) is 3.18. The molecule has 0 fully saturated rings. The highest BCUT2D eigenvalue weighted by Crippen LogP contribution is 2.28. The van der Waals surface area contributed by atoms with Gasteiger partial charge in [-0.05, 0) is 31.4 Å². The monoisotopic (exact) mass is 192 g/mol. The van der Waals surface area contributed by atoms with E-state index in [4.69, 9.17) is 0 Å². The first kappa shape index (κ1) is 10.2. The van der Waals surface area contributed by atoms with E-state index in [2.05, 4.69) is 4.74 Å². The number of hydrogen-bond acceptors (Lipinski definition) is 1. The van der Waals surface area contributed by atoms with Crippen LogP contribution in [0, 0.1) is 5.92 Å². The van der Waals surface area contributed by atoms with E-state index in [0.29, 0.717) is 12.3 Å². The van der Waals surface area contributed by atoms with Gasteiger partial charge in [0.1, 0.15) is 5.76 Å². The summed E-state index contributed by atoms with van der Waals surface area (Å²) in [5.41, 5.74) is 0.918. The van der Waals surface area contributed by atoms with Crippen molar-refractivity contribution >= 4 is 0 Å². The van der Waals surface area contributed by atoms with E-state index in [9.17, 15) is 13.2 Å². The zero-order valence-corrected chi connectivity index (χ0v) is 7.48. The van der Waals surface area contributed by atoms with Gasteiger partial charge in [0.05, 0.1) is 0 Å². The van der Waals surface area contributed by atoms with Gasteiger partial charge in [0, 0.05) is 0 Å². The molecule has 13 heavy (non-hydrogen) atoms. The first-order valence-corrected chi connectivity index (χ1v) is 4.02. The Balaban J connectivity index is 2.65. The molecular weight excluding hydrogens is 181 g/mol. The predicted octanol–water partition coefficient (Wildman–Crippen LogP) is 3.39. The normalized spacial score (nSPS) is 23.6. The quantitative estimate of drug-likeness (QED) is 0.618. The van der Waals surface area contributed by atoms with Gasteiger partial charge in [0.2, 0.25) is 0 Å². The molecule has 0 aromatic carbocycles. The van der Waals surface area contributed by atoms with Gasteiger partial charge in [-0.3, -0.25) is 0 Å². The summed E-state index contributed by atoms with van der Waals surface area (Å²) in [6.45, 7) is 3.77. The molecule has 0 N–H and O–H groups in total. The Morgan fingerprint density at radius 1 is 1.46 bits per heavy atom. The second-order valence-corrected chi connectivity index (χ2v) is 3.18. The van der Waals surface area contributed by atoms with E-state index in [-0.39, 0.29) is 5.76 Å². The number of allylic oxidation sites excluding steroid dienone is 3. The van der Waals surface area contributed by atoms with Crippen molar-refractivity contribution in [2.75, 3.05) is 0 Å². The van der Waals surface area contributed by atoms with Crippen LogP contribution in [-0.2, 0) is 4.74 Å². The van der Waals surface area contributed by atoms with Crippen LogP contribution in [0.5, 0.6) is 0 Å². The summed E-state index contributed by atoms with van der Waals surface area (Å²) in [5.74, 6) is 0.212. The van der Waals surface area contributed by atoms with E-state index in [0.717, 1.165) is 5.57 Å². The molecule has 0 aliphatic heterocycles. The summed E-state index contributed by atoms with van der Waals surface area (Å²) in [4.78, 5) is 0. The fourth-order valence-corrected chi connectivity index (χ4v) is 1.11. The first-order valence-electron chi connectivity index (χ1n) is 4.02. The van der Waals surface area contributed by atoms with Crippen molar-refractivity contribution in [2.24, 2.45) is 5.92 Å². The Bertz CT molecular complexity index is 250. The molecule has 1 unspecified atom stereocenters. The third-order valence-corrected chi connectivity index (χ3v) is 2.05. The molecule has 0 saturated carbocycles. The van der Waals surface area contributed by atoms with E-state index in [1.54, 1.807) is 6.92 Å². The molecule has 0 saturated heterocycles. The van der Waals surface area contributed by atoms with Gasteiger partial charge in [-0.25, -0.2) is 0 Å². The maximum Gasteiger partial charge on any atom is 0.573 e. The summed E-state index contributed by atoms with van der Waals surface area (Å²) < 4.78 is 39.1. The van der Waals surface area contributed by atoms with Gasteiger partial charge < -0.3 is 4.74 Å². The Morgan fingerprint density at radius 2 is 2.08 bits per heavy atom. The molecule has 1 rings (SSSR count). The third kappa shape index (κ3) is 3.13. The molecule has 0 spiro atoms. The summed E-state index contributed by atoms with van der Waals surface area (Å²) in [6.07, 6.45) is -1.08. The number of ether oxygens (including phenoxy) is 1. The lowest BCUT2D eigenvalue weighted by Gasteiger charge is -2.18. The predicted molar refractivity (Wildman–Crippen MR) is 42.8 cm³/mol. The highest BCUT2D eigenvalue weighted by Gasteiger charge is 2.32. The van der Waals surface area contributed by atoms with E-state index >= 15 is 0 Å². The molecular formula is C9H11F3O. The SMILES string of the molecule is CC1=CC(OC(F)(F)F)=CCC1C. The molecule has 0 aromatic rings. The lowest BCUT2D eigenvalue weighted by Crippen LogP contribution is -2.14. The van der Waals surface area contributed by atoms with Crippen LogP contribution >= 0.6 is 0 Å². The van der Waals surface area contributed by atoms with Crippen molar-refractivity contribution in [1.82, 2.24) is 0 Å². The zero-order valence-electron chi connectivity index (χ0n) is 7.48. The molecule has 1 atom stereocenters. The molecule has 0 heterocycles. The van der Waals surface area contributed by atoms with Gasteiger partial charge in [-0.1, -0.05) is 12.5 Å². The van der Waals surface area contributed by atoms with Gasteiger partial charge in [0.15, 0.2) is 0 Å². The molecule has 1 nitrogen and oxygen atoms in total. The largest absolute Gasteiger partial charge is 0.573 e. The molecule has 1 aliphatic rings. The summed E-state index contributed by atoms with van der Waals surface area (Å²) in [5, 5.41) is 0. The van der Waals surface area contributed by atoms with Crippen molar-refractivity contribution < 1.29 is 17.9 Å². The summed E-state index contributed by atoms with van der Waals surface area (Å²) >= 11 is 0. The highest BCUT2D eigenvalue weighted by atomic mass is 19.4. The minimum absolute atomic E-state index is 0.0944. The number of alkyl halides is 3. The minimum atomic E-state index is -4.58. The van der Waals surface area contributed by atoms with Crippen LogP contribution in [0.3, 0.4) is 0 Å². The van der Waals surface area contributed by atoms with Crippen molar-refractivity contribution in [2.45, 2.75) is 26.6 Å². The van der Waals surface area contributed by atoms with Gasteiger partial charge in [0.25, 0.3) is 0 Å². The average molecular weight is 192 g/mol. The van der Waals surface area contributed by atoms with Crippen LogP contribution < -0.4 is 0 Å². The fourth-order valence-electron chi connectivity index (χ4n) is 1.11. The van der Waals surface area contributed by atoms with Crippen LogP contribution in [0.1, 0.15) is 20.3 Å². The summed E-state index contributed by atoms with van der Waals surface area (Å²) in [6, 6.07) is 0. The fraction of sp³-hybridized carbons (Fsp3) is 0.556. The Kier molecular flexibility index (Phi) is 2.68. The van der Waals surface area contributed by atoms with Crippen LogP contribution in [0.25, 0.3) is 0 Å². The molecule has 1 aliphatic carbocycles. The molecule has 0 amide bonds. The Labute approximate surface area is 74.9 Å². The van der Waals surface area contributed by atoms with E-state index in [1.807, 2.05) is 6.92 Å². The standard InChI is InChI=1S/C9H11F3O/c1-6-3-4-8(5-7(6)2)13-9(10,11)12/h4-6H,3H2,1-2H3. The average Bonchev–Trinajstić information content (AvgIpc) is 1.94. The summed E-state index contributed by atoms with van der Waals surface area (Å²) in [7, 11) is 0. The minimum Gasteiger partial charge on any atom is -0.406 e. The van der Waals surface area contributed by atoms with Gasteiger partial charge >= 0.3 is 6.36 Å². The molecule has 74 valence electrons. The number of halogens is 3. The van der Waals surface area contributed by atoms with Crippen LogP contribution in [0.4, 0.5) is 13.2 Å². The number of rotatable bonds is 1. The maximum absolute atomic E-state index is 11.8. The Morgan fingerprint density at radius 3 is 2.54 bits per heavy atom. The van der Waals surface area contributed by atoms with Crippen molar-refractivity contribution in [1.29, 1.82) is 0 Å². The lowest BCUT2D eigenvalue weighted by molar-refractivity contribution is -0.303. The number of hydrogen-bond donors (Lipinski definition) is 0.